The molecular formula is C13H8Cl2N2O3. The third-order valence-corrected chi connectivity index (χ3v) is 3.27. The van der Waals surface area contributed by atoms with Gasteiger partial charge >= 0.3 is 5.97 Å². The zero-order valence-corrected chi connectivity index (χ0v) is 11.4. The number of hydrogen-bond acceptors (Lipinski definition) is 3. The summed E-state index contributed by atoms with van der Waals surface area (Å²) >= 11 is 11.8. The fourth-order valence-electron chi connectivity index (χ4n) is 1.46. The molecule has 2 aromatic rings. The summed E-state index contributed by atoms with van der Waals surface area (Å²) in [4.78, 5) is 26.5. The van der Waals surface area contributed by atoms with Crippen molar-refractivity contribution in [3.63, 3.8) is 0 Å². The average molecular weight is 311 g/mol. The number of hydrogen-bond donors (Lipinski definition) is 2. The van der Waals surface area contributed by atoms with Crippen molar-refractivity contribution < 1.29 is 14.7 Å². The summed E-state index contributed by atoms with van der Waals surface area (Å²) in [7, 11) is 0. The molecule has 0 aliphatic rings. The van der Waals surface area contributed by atoms with Crippen LogP contribution in [0.3, 0.4) is 0 Å². The maximum absolute atomic E-state index is 12.0. The molecule has 0 saturated heterocycles. The number of nitrogens with one attached hydrogen (secondary N) is 1. The molecule has 0 aliphatic heterocycles. The van der Waals surface area contributed by atoms with Gasteiger partial charge in [0, 0.05) is 6.20 Å². The van der Waals surface area contributed by atoms with Crippen molar-refractivity contribution in [2.45, 2.75) is 0 Å². The molecule has 0 radical (unpaired) electrons. The van der Waals surface area contributed by atoms with Crippen molar-refractivity contribution in [2.24, 2.45) is 0 Å². The maximum atomic E-state index is 12.0. The fourth-order valence-corrected chi connectivity index (χ4v) is 1.84. The minimum Gasteiger partial charge on any atom is -0.478 e. The van der Waals surface area contributed by atoms with Crippen LogP contribution >= 0.6 is 23.2 Å². The number of aromatic nitrogens is 1. The van der Waals surface area contributed by atoms with E-state index < -0.39 is 11.9 Å². The van der Waals surface area contributed by atoms with E-state index in [1.165, 1.54) is 18.2 Å². The molecule has 7 heteroatoms. The maximum Gasteiger partial charge on any atom is 0.337 e. The topological polar surface area (TPSA) is 79.3 Å². The summed E-state index contributed by atoms with van der Waals surface area (Å²) in [6.07, 6.45) is 1.15. The highest BCUT2D eigenvalue weighted by Gasteiger charge is 2.13. The number of nitrogens with zero attached hydrogens (tertiary/aromatic N) is 1. The summed E-state index contributed by atoms with van der Waals surface area (Å²) in [6, 6.07) is 7.42. The van der Waals surface area contributed by atoms with Crippen LogP contribution in [-0.4, -0.2) is 22.0 Å². The van der Waals surface area contributed by atoms with Gasteiger partial charge in [0.2, 0.25) is 0 Å². The Labute approximate surface area is 124 Å². The number of pyridine rings is 1. The number of anilines is 1. The fraction of sp³-hybridized carbons (Fsp3) is 0. The van der Waals surface area contributed by atoms with Crippen LogP contribution in [0.5, 0.6) is 0 Å². The quantitative estimate of drug-likeness (QED) is 0.911. The van der Waals surface area contributed by atoms with Gasteiger partial charge in [-0.1, -0.05) is 29.3 Å². The lowest BCUT2D eigenvalue weighted by Crippen LogP contribution is -2.13. The van der Waals surface area contributed by atoms with Gasteiger partial charge in [-0.25, -0.2) is 9.78 Å². The van der Waals surface area contributed by atoms with Crippen LogP contribution in [0.2, 0.25) is 10.0 Å². The Bertz CT molecular complexity index is 672. The SMILES string of the molecule is O=C(O)c1ccc(NC(=O)c2cccc(Cl)c2Cl)nc1. The second-order valence-electron chi connectivity index (χ2n) is 3.79. The molecule has 2 N–H and O–H groups in total. The third kappa shape index (κ3) is 3.07. The first kappa shape index (κ1) is 14.3. The van der Waals surface area contributed by atoms with Gasteiger partial charge in [-0.15, -0.1) is 0 Å². The molecule has 102 valence electrons. The normalized spacial score (nSPS) is 10.1. The Kier molecular flexibility index (Phi) is 4.22. The first-order chi connectivity index (χ1) is 9.49. The molecule has 0 aliphatic carbocycles. The molecule has 20 heavy (non-hydrogen) atoms. The van der Waals surface area contributed by atoms with Crippen LogP contribution in [0.25, 0.3) is 0 Å². The average Bonchev–Trinajstić information content (AvgIpc) is 2.42. The van der Waals surface area contributed by atoms with E-state index in [2.05, 4.69) is 10.3 Å². The smallest absolute Gasteiger partial charge is 0.337 e. The lowest BCUT2D eigenvalue weighted by atomic mass is 10.2. The Morgan fingerprint density at radius 1 is 1.15 bits per heavy atom. The second kappa shape index (κ2) is 5.90. The number of rotatable bonds is 3. The lowest BCUT2D eigenvalue weighted by Gasteiger charge is -2.07. The van der Waals surface area contributed by atoms with E-state index in [4.69, 9.17) is 28.3 Å². The van der Waals surface area contributed by atoms with Crippen LogP contribution in [0, 0.1) is 0 Å². The number of aromatic carboxylic acids is 1. The number of carbonyl (C=O) groups excluding carboxylic acids is 1. The van der Waals surface area contributed by atoms with E-state index in [1.54, 1.807) is 12.1 Å². The monoisotopic (exact) mass is 310 g/mol. The van der Waals surface area contributed by atoms with Gasteiger partial charge in [0.05, 0.1) is 21.2 Å². The summed E-state index contributed by atoms with van der Waals surface area (Å²) in [6.45, 7) is 0. The second-order valence-corrected chi connectivity index (χ2v) is 4.58. The zero-order chi connectivity index (χ0) is 14.7. The minimum atomic E-state index is -1.09. The zero-order valence-electron chi connectivity index (χ0n) is 9.93. The van der Waals surface area contributed by atoms with Crippen LogP contribution in [0.4, 0.5) is 5.82 Å². The third-order valence-electron chi connectivity index (χ3n) is 2.45. The Hall–Kier alpha value is -2.11. The number of carboxylic acids is 1. The number of benzene rings is 1. The van der Waals surface area contributed by atoms with Crippen LogP contribution in [0.1, 0.15) is 20.7 Å². The molecule has 0 unspecified atom stereocenters. The Morgan fingerprint density at radius 3 is 2.50 bits per heavy atom. The molecule has 0 fully saturated rings. The van der Waals surface area contributed by atoms with Crippen molar-refractivity contribution in [3.8, 4) is 0 Å². The molecular weight excluding hydrogens is 303 g/mol. The largest absolute Gasteiger partial charge is 0.478 e. The summed E-state index contributed by atoms with van der Waals surface area (Å²) in [5.74, 6) is -1.35. The van der Waals surface area contributed by atoms with E-state index >= 15 is 0 Å². The molecule has 1 amide bonds. The summed E-state index contributed by atoms with van der Waals surface area (Å²) in [5.41, 5.74) is 0.243. The first-order valence-electron chi connectivity index (χ1n) is 5.44. The molecule has 2 rings (SSSR count). The molecule has 0 saturated carbocycles. The number of halogens is 2. The van der Waals surface area contributed by atoms with E-state index in [9.17, 15) is 9.59 Å². The van der Waals surface area contributed by atoms with Gasteiger partial charge in [0.15, 0.2) is 0 Å². The highest BCUT2D eigenvalue weighted by molar-refractivity contribution is 6.44. The minimum absolute atomic E-state index is 0.0313. The molecule has 0 bridgehead atoms. The molecule has 1 heterocycles. The van der Waals surface area contributed by atoms with E-state index in [-0.39, 0.29) is 27.0 Å². The molecule has 5 nitrogen and oxygen atoms in total. The van der Waals surface area contributed by atoms with Crippen molar-refractivity contribution in [1.29, 1.82) is 0 Å². The highest BCUT2D eigenvalue weighted by Crippen LogP contribution is 2.26. The standard InChI is InChI=1S/C13H8Cl2N2O3/c14-9-3-1-2-8(11(9)15)12(18)17-10-5-4-7(6-16-10)13(19)20/h1-6H,(H,19,20)(H,16,17,18). The summed E-state index contributed by atoms with van der Waals surface area (Å²) < 4.78 is 0. The van der Waals surface area contributed by atoms with E-state index in [0.717, 1.165) is 6.20 Å². The van der Waals surface area contributed by atoms with Crippen molar-refractivity contribution in [3.05, 3.63) is 57.7 Å². The predicted octanol–water partition coefficient (Wildman–Crippen LogP) is 3.34. The van der Waals surface area contributed by atoms with Gasteiger partial charge in [0.1, 0.15) is 5.82 Å². The number of carboxylic acid groups (broad SMARTS) is 1. The van der Waals surface area contributed by atoms with E-state index in [1.807, 2.05) is 0 Å². The van der Waals surface area contributed by atoms with E-state index in [0.29, 0.717) is 0 Å². The molecule has 0 atom stereocenters. The van der Waals surface area contributed by atoms with Crippen molar-refractivity contribution in [1.82, 2.24) is 4.98 Å². The molecule has 1 aromatic heterocycles. The van der Waals surface area contributed by atoms with Crippen LogP contribution < -0.4 is 5.32 Å². The Balaban J connectivity index is 2.19. The lowest BCUT2D eigenvalue weighted by molar-refractivity contribution is 0.0696. The van der Waals surface area contributed by atoms with Gasteiger partial charge in [0.25, 0.3) is 5.91 Å². The predicted molar refractivity (Wildman–Crippen MR) is 75.6 cm³/mol. The van der Waals surface area contributed by atoms with Crippen molar-refractivity contribution >= 4 is 40.9 Å². The van der Waals surface area contributed by atoms with Gasteiger partial charge in [-0.2, -0.15) is 0 Å². The summed E-state index contributed by atoms with van der Waals surface area (Å²) in [5, 5.41) is 11.7. The first-order valence-corrected chi connectivity index (χ1v) is 6.19. The number of carbonyl (C=O) groups is 2. The molecule has 1 aromatic carbocycles. The molecule has 0 spiro atoms. The van der Waals surface area contributed by atoms with Crippen molar-refractivity contribution in [2.75, 3.05) is 5.32 Å². The van der Waals surface area contributed by atoms with Gasteiger partial charge in [-0.05, 0) is 24.3 Å². The highest BCUT2D eigenvalue weighted by atomic mass is 35.5. The number of amides is 1. The van der Waals surface area contributed by atoms with Gasteiger partial charge < -0.3 is 10.4 Å². The van der Waals surface area contributed by atoms with Crippen LogP contribution in [-0.2, 0) is 0 Å². The Morgan fingerprint density at radius 2 is 1.90 bits per heavy atom. The van der Waals surface area contributed by atoms with Crippen LogP contribution in [0.15, 0.2) is 36.5 Å². The van der Waals surface area contributed by atoms with Gasteiger partial charge in [-0.3, -0.25) is 4.79 Å².